The van der Waals surface area contributed by atoms with Gasteiger partial charge in [0.05, 0.1) is 0 Å². The zero-order valence-corrected chi connectivity index (χ0v) is 10.1. The van der Waals surface area contributed by atoms with Crippen LogP contribution >= 0.6 is 0 Å². The van der Waals surface area contributed by atoms with Gasteiger partial charge in [0.15, 0.2) is 5.75 Å². The van der Waals surface area contributed by atoms with Gasteiger partial charge in [-0.05, 0) is 32.9 Å². The lowest BCUT2D eigenvalue weighted by Crippen LogP contribution is -2.44. The maximum atomic E-state index is 13.5. The second kappa shape index (κ2) is 4.96. The van der Waals surface area contributed by atoms with Crippen molar-refractivity contribution in [2.75, 3.05) is 13.1 Å². The van der Waals surface area contributed by atoms with Crippen molar-refractivity contribution < 1.29 is 26.7 Å². The Morgan fingerprint density at radius 1 is 0.842 bits per heavy atom. The number of halogens is 5. The van der Waals surface area contributed by atoms with Gasteiger partial charge in [0.1, 0.15) is 5.60 Å². The predicted octanol–water partition coefficient (Wildman–Crippen LogP) is 2.90. The van der Waals surface area contributed by atoms with Crippen molar-refractivity contribution in [1.29, 1.82) is 0 Å². The van der Waals surface area contributed by atoms with Crippen molar-refractivity contribution in [1.82, 2.24) is 5.32 Å². The van der Waals surface area contributed by atoms with Gasteiger partial charge in [0.25, 0.3) is 0 Å². The zero-order chi connectivity index (χ0) is 14.2. The van der Waals surface area contributed by atoms with Crippen LogP contribution < -0.4 is 10.1 Å². The highest BCUT2D eigenvalue weighted by Crippen LogP contribution is 2.34. The molecule has 1 saturated heterocycles. The van der Waals surface area contributed by atoms with Crippen molar-refractivity contribution in [2.45, 2.75) is 25.4 Å². The topological polar surface area (TPSA) is 21.3 Å². The fraction of sp³-hybridized carbons (Fsp3) is 0.500. The van der Waals surface area contributed by atoms with Gasteiger partial charge >= 0.3 is 0 Å². The van der Waals surface area contributed by atoms with Crippen LogP contribution in [0.4, 0.5) is 22.0 Å². The maximum Gasteiger partial charge on any atom is 0.207 e. The molecule has 1 aliphatic rings. The summed E-state index contributed by atoms with van der Waals surface area (Å²) in [7, 11) is 0. The maximum absolute atomic E-state index is 13.5. The first-order chi connectivity index (χ1) is 8.86. The summed E-state index contributed by atoms with van der Waals surface area (Å²) in [4.78, 5) is 0. The van der Waals surface area contributed by atoms with Crippen molar-refractivity contribution >= 4 is 0 Å². The molecule has 106 valence electrons. The molecule has 0 atom stereocenters. The summed E-state index contributed by atoms with van der Waals surface area (Å²) in [5.41, 5.74) is -0.955. The second-order valence-corrected chi connectivity index (χ2v) is 4.70. The van der Waals surface area contributed by atoms with Gasteiger partial charge in [0, 0.05) is 0 Å². The van der Waals surface area contributed by atoms with Crippen molar-refractivity contribution in [3.05, 3.63) is 29.1 Å². The molecule has 0 amide bonds. The Bertz CT molecular complexity index is 470. The van der Waals surface area contributed by atoms with Gasteiger partial charge in [-0.2, -0.15) is 8.78 Å². The average molecular weight is 281 g/mol. The molecule has 1 heterocycles. The number of ether oxygens (including phenoxy) is 1. The van der Waals surface area contributed by atoms with Crippen LogP contribution in [-0.4, -0.2) is 18.7 Å². The molecule has 0 unspecified atom stereocenters. The van der Waals surface area contributed by atoms with Crippen LogP contribution in [0.25, 0.3) is 0 Å². The summed E-state index contributed by atoms with van der Waals surface area (Å²) in [5, 5.41) is 3.01. The van der Waals surface area contributed by atoms with Crippen molar-refractivity contribution in [3.8, 4) is 5.75 Å². The predicted molar refractivity (Wildman–Crippen MR) is 57.4 cm³/mol. The molecule has 2 nitrogen and oxygen atoms in total. The quantitative estimate of drug-likeness (QED) is 0.511. The lowest BCUT2D eigenvalue weighted by Gasteiger charge is -2.34. The van der Waals surface area contributed by atoms with Gasteiger partial charge in [-0.15, -0.1) is 0 Å². The molecular weight excluding hydrogens is 269 g/mol. The van der Waals surface area contributed by atoms with Gasteiger partial charge in [-0.25, -0.2) is 13.2 Å². The average Bonchev–Trinajstić information content (AvgIpc) is 2.40. The second-order valence-electron chi connectivity index (χ2n) is 4.70. The van der Waals surface area contributed by atoms with E-state index in [-0.39, 0.29) is 0 Å². The van der Waals surface area contributed by atoms with E-state index in [9.17, 15) is 22.0 Å². The van der Waals surface area contributed by atoms with Crippen LogP contribution in [0.15, 0.2) is 0 Å². The number of rotatable bonds is 2. The normalized spacial score (nSPS) is 18.4. The summed E-state index contributed by atoms with van der Waals surface area (Å²) in [6.07, 6.45) is 0.818. The summed E-state index contributed by atoms with van der Waals surface area (Å²) < 4.78 is 71.0. The Morgan fingerprint density at radius 2 is 1.26 bits per heavy atom. The number of hydrogen-bond acceptors (Lipinski definition) is 2. The minimum absolute atomic E-state index is 0.409. The molecule has 0 saturated carbocycles. The third-order valence-corrected chi connectivity index (χ3v) is 3.18. The lowest BCUT2D eigenvalue weighted by atomic mass is 9.94. The molecule has 2 rings (SSSR count). The van der Waals surface area contributed by atoms with Crippen LogP contribution in [0, 0.1) is 29.1 Å². The molecule has 7 heteroatoms. The van der Waals surface area contributed by atoms with Crippen LogP contribution in [0.5, 0.6) is 5.75 Å². The number of piperidine rings is 1. The largest absolute Gasteiger partial charge is 0.481 e. The molecule has 1 aromatic rings. The van der Waals surface area contributed by atoms with Gasteiger partial charge in [-0.1, -0.05) is 0 Å². The molecule has 1 fully saturated rings. The number of benzene rings is 1. The highest BCUT2D eigenvalue weighted by Gasteiger charge is 2.34. The first-order valence-electron chi connectivity index (χ1n) is 5.77. The van der Waals surface area contributed by atoms with E-state index in [1.807, 2.05) is 0 Å². The van der Waals surface area contributed by atoms with Crippen LogP contribution in [0.2, 0.25) is 0 Å². The molecule has 0 aromatic heterocycles. The monoisotopic (exact) mass is 281 g/mol. The minimum atomic E-state index is -2.18. The first-order valence-corrected chi connectivity index (χ1v) is 5.77. The zero-order valence-electron chi connectivity index (χ0n) is 10.1. The Balaban J connectivity index is 2.40. The third-order valence-electron chi connectivity index (χ3n) is 3.18. The van der Waals surface area contributed by atoms with Gasteiger partial charge < -0.3 is 10.1 Å². The SMILES string of the molecule is CC1(Oc2c(F)c(F)c(F)c(F)c2F)CCNCC1. The van der Waals surface area contributed by atoms with E-state index in [4.69, 9.17) is 4.74 Å². The number of hydrogen-bond donors (Lipinski definition) is 1. The molecule has 0 spiro atoms. The molecule has 0 bridgehead atoms. The highest BCUT2D eigenvalue weighted by molar-refractivity contribution is 5.30. The molecule has 1 N–H and O–H groups in total. The van der Waals surface area contributed by atoms with Crippen molar-refractivity contribution in [3.63, 3.8) is 0 Å². The van der Waals surface area contributed by atoms with Gasteiger partial charge in [-0.3, -0.25) is 0 Å². The molecule has 0 aliphatic carbocycles. The van der Waals surface area contributed by atoms with Crippen molar-refractivity contribution in [2.24, 2.45) is 0 Å². The fourth-order valence-corrected chi connectivity index (χ4v) is 1.98. The Labute approximate surface area is 106 Å². The Hall–Kier alpha value is -1.37. The Morgan fingerprint density at radius 3 is 1.74 bits per heavy atom. The third kappa shape index (κ3) is 2.51. The fourth-order valence-electron chi connectivity index (χ4n) is 1.98. The summed E-state index contributed by atoms with van der Waals surface area (Å²) >= 11 is 0. The minimum Gasteiger partial charge on any atom is -0.481 e. The first kappa shape index (κ1) is 14.0. The van der Waals surface area contributed by atoms with E-state index in [0.717, 1.165) is 0 Å². The highest BCUT2D eigenvalue weighted by atomic mass is 19.2. The molecule has 1 aliphatic heterocycles. The summed E-state index contributed by atoms with van der Waals surface area (Å²) in [6, 6.07) is 0. The molecular formula is C12H12F5NO. The smallest absolute Gasteiger partial charge is 0.207 e. The van der Waals surface area contributed by atoms with E-state index in [1.54, 1.807) is 6.92 Å². The lowest BCUT2D eigenvalue weighted by molar-refractivity contribution is 0.0447. The van der Waals surface area contributed by atoms with E-state index < -0.39 is 40.4 Å². The molecule has 1 aromatic carbocycles. The Kier molecular flexibility index (Phi) is 3.66. The molecule has 19 heavy (non-hydrogen) atoms. The van der Waals surface area contributed by atoms with E-state index in [1.165, 1.54) is 0 Å². The van der Waals surface area contributed by atoms with Crippen LogP contribution in [0.1, 0.15) is 19.8 Å². The number of nitrogens with one attached hydrogen (secondary N) is 1. The summed E-state index contributed by atoms with van der Waals surface area (Å²) in [5.74, 6) is -11.2. The van der Waals surface area contributed by atoms with E-state index in [2.05, 4.69) is 5.32 Å². The van der Waals surface area contributed by atoms with Gasteiger partial charge in [0.2, 0.25) is 29.1 Å². The standard InChI is InChI=1S/C12H12F5NO/c1-12(2-4-18-5-3-12)19-11-9(16)7(14)6(13)8(15)10(11)17/h18H,2-5H2,1H3. The van der Waals surface area contributed by atoms with Crippen LogP contribution in [0.3, 0.4) is 0 Å². The van der Waals surface area contributed by atoms with E-state index >= 15 is 0 Å². The molecule has 0 radical (unpaired) electrons. The van der Waals surface area contributed by atoms with Crippen LogP contribution in [-0.2, 0) is 0 Å². The van der Waals surface area contributed by atoms with E-state index in [0.29, 0.717) is 25.9 Å². The summed E-state index contributed by atoms with van der Waals surface area (Å²) in [6.45, 7) is 2.67.